The van der Waals surface area contributed by atoms with Gasteiger partial charge in [-0.1, -0.05) is 0 Å². The van der Waals surface area contributed by atoms with Gasteiger partial charge in [-0.2, -0.15) is 0 Å². The van der Waals surface area contributed by atoms with E-state index in [9.17, 15) is 18.4 Å². The highest BCUT2D eigenvalue weighted by Crippen LogP contribution is 2.33. The predicted octanol–water partition coefficient (Wildman–Crippen LogP) is 3.71. The van der Waals surface area contributed by atoms with Gasteiger partial charge in [-0.15, -0.1) is 0 Å². The van der Waals surface area contributed by atoms with Crippen molar-refractivity contribution < 1.29 is 27.8 Å². The standard InChI is InChI=1S/C23H24F2N4O4/c1-3-29-20(23(31)32-2)19(28-22(30)14-4-5-33-12-14)18-9-17(11-27-21(18)29)26-10-13-6-15(24)8-16(25)7-13/h6-9,11,14,26H,3-5,10,12H2,1-2H3,(H,28,30)/t14-/m1/s1. The third-order valence-electron chi connectivity index (χ3n) is 5.56. The van der Waals surface area contributed by atoms with Crippen LogP contribution in [0.5, 0.6) is 0 Å². The maximum Gasteiger partial charge on any atom is 0.356 e. The molecular formula is C23H24F2N4O4. The van der Waals surface area contributed by atoms with Crippen LogP contribution in [0.25, 0.3) is 11.0 Å². The minimum atomic E-state index is -0.663. The zero-order chi connectivity index (χ0) is 23.5. The van der Waals surface area contributed by atoms with Gasteiger partial charge in [0.2, 0.25) is 5.91 Å². The Morgan fingerprint density at radius 1 is 1.24 bits per heavy atom. The molecule has 33 heavy (non-hydrogen) atoms. The summed E-state index contributed by atoms with van der Waals surface area (Å²) >= 11 is 0. The minimum Gasteiger partial charge on any atom is -0.464 e. The number of methoxy groups -OCH3 is 1. The average Bonchev–Trinajstić information content (AvgIpc) is 3.43. The lowest BCUT2D eigenvalue weighted by molar-refractivity contribution is -0.119. The summed E-state index contributed by atoms with van der Waals surface area (Å²) in [5.41, 5.74) is 1.97. The van der Waals surface area contributed by atoms with E-state index in [0.717, 1.165) is 6.07 Å². The van der Waals surface area contributed by atoms with Crippen LogP contribution in [0.4, 0.5) is 20.2 Å². The van der Waals surface area contributed by atoms with Crippen LogP contribution in [-0.4, -0.2) is 41.8 Å². The van der Waals surface area contributed by atoms with Crippen molar-refractivity contribution in [1.82, 2.24) is 9.55 Å². The normalized spacial score (nSPS) is 15.6. The molecule has 1 fully saturated rings. The van der Waals surface area contributed by atoms with E-state index in [1.54, 1.807) is 16.8 Å². The highest BCUT2D eigenvalue weighted by molar-refractivity contribution is 6.11. The Morgan fingerprint density at radius 3 is 2.64 bits per heavy atom. The number of aromatic nitrogens is 2. The highest BCUT2D eigenvalue weighted by Gasteiger charge is 2.29. The van der Waals surface area contributed by atoms with Crippen molar-refractivity contribution in [3.8, 4) is 0 Å². The number of aryl methyl sites for hydroxylation is 1. The second-order valence-corrected chi connectivity index (χ2v) is 7.74. The number of rotatable bonds is 7. The molecule has 1 amide bonds. The molecular weight excluding hydrogens is 434 g/mol. The largest absolute Gasteiger partial charge is 0.464 e. The number of pyridine rings is 1. The molecule has 1 saturated heterocycles. The Bertz CT molecular complexity index is 1180. The molecule has 1 aliphatic rings. The number of hydrogen-bond donors (Lipinski definition) is 2. The van der Waals surface area contributed by atoms with Crippen molar-refractivity contribution >= 4 is 34.3 Å². The van der Waals surface area contributed by atoms with E-state index in [4.69, 9.17) is 9.47 Å². The fraction of sp³-hybridized carbons (Fsp3) is 0.348. The van der Waals surface area contributed by atoms with Gasteiger partial charge in [-0.3, -0.25) is 4.79 Å². The number of esters is 1. The van der Waals surface area contributed by atoms with E-state index in [0.29, 0.717) is 54.2 Å². The molecule has 8 nitrogen and oxygen atoms in total. The summed E-state index contributed by atoms with van der Waals surface area (Å²) in [5.74, 6) is -2.49. The summed E-state index contributed by atoms with van der Waals surface area (Å²) in [5, 5.41) is 6.49. The van der Waals surface area contributed by atoms with Gasteiger partial charge in [0.05, 0.1) is 37.2 Å². The van der Waals surface area contributed by atoms with Crippen LogP contribution in [0.2, 0.25) is 0 Å². The molecule has 0 radical (unpaired) electrons. The Morgan fingerprint density at radius 2 is 2.00 bits per heavy atom. The summed E-state index contributed by atoms with van der Waals surface area (Å²) in [6, 6.07) is 5.02. The molecule has 0 unspecified atom stereocenters. The van der Waals surface area contributed by atoms with Crippen LogP contribution < -0.4 is 10.6 Å². The Hall–Kier alpha value is -3.53. The number of carbonyl (C=O) groups excluding carboxylic acids is 2. The van der Waals surface area contributed by atoms with Crippen molar-refractivity contribution in [2.24, 2.45) is 5.92 Å². The summed E-state index contributed by atoms with van der Waals surface area (Å²) in [6.45, 7) is 3.26. The molecule has 2 aromatic heterocycles. The van der Waals surface area contributed by atoms with Crippen molar-refractivity contribution in [1.29, 1.82) is 0 Å². The lowest BCUT2D eigenvalue weighted by atomic mass is 10.1. The van der Waals surface area contributed by atoms with Crippen molar-refractivity contribution in [3.05, 3.63) is 53.4 Å². The van der Waals surface area contributed by atoms with Crippen molar-refractivity contribution in [2.45, 2.75) is 26.4 Å². The number of ether oxygens (including phenoxy) is 2. The number of hydrogen-bond acceptors (Lipinski definition) is 6. The van der Waals surface area contributed by atoms with Crippen LogP contribution in [0.1, 0.15) is 29.4 Å². The van der Waals surface area contributed by atoms with Gasteiger partial charge >= 0.3 is 5.97 Å². The molecule has 3 heterocycles. The molecule has 10 heteroatoms. The van der Waals surface area contributed by atoms with Crippen LogP contribution in [0, 0.1) is 17.6 Å². The van der Waals surface area contributed by atoms with E-state index in [-0.39, 0.29) is 24.1 Å². The van der Waals surface area contributed by atoms with Gasteiger partial charge in [0.15, 0.2) is 5.69 Å². The third-order valence-corrected chi connectivity index (χ3v) is 5.56. The number of anilines is 2. The zero-order valence-corrected chi connectivity index (χ0v) is 18.3. The van der Waals surface area contributed by atoms with E-state index in [2.05, 4.69) is 15.6 Å². The lowest BCUT2D eigenvalue weighted by Gasteiger charge is -2.11. The quantitative estimate of drug-likeness (QED) is 0.525. The third kappa shape index (κ3) is 4.65. The van der Waals surface area contributed by atoms with Gasteiger partial charge in [0, 0.05) is 31.1 Å². The van der Waals surface area contributed by atoms with Crippen LogP contribution in [0.3, 0.4) is 0 Å². The molecule has 0 aliphatic carbocycles. The molecule has 0 saturated carbocycles. The highest BCUT2D eigenvalue weighted by atomic mass is 19.1. The summed E-state index contributed by atoms with van der Waals surface area (Å²) in [4.78, 5) is 29.9. The van der Waals surface area contributed by atoms with Crippen LogP contribution in [-0.2, 0) is 27.4 Å². The maximum atomic E-state index is 13.5. The first-order chi connectivity index (χ1) is 15.9. The SMILES string of the molecule is CCn1c(C(=O)OC)c(NC(=O)[C@@H]2CCOC2)c2cc(NCc3cc(F)cc(F)c3)cnc21. The number of nitrogens with zero attached hydrogens (tertiary/aromatic N) is 2. The monoisotopic (exact) mass is 458 g/mol. The van der Waals surface area contributed by atoms with Crippen LogP contribution in [0.15, 0.2) is 30.5 Å². The second kappa shape index (κ2) is 9.53. The summed E-state index contributed by atoms with van der Waals surface area (Å²) in [7, 11) is 1.27. The van der Waals surface area contributed by atoms with E-state index in [1.807, 2.05) is 6.92 Å². The fourth-order valence-corrected chi connectivity index (χ4v) is 3.95. The van der Waals surface area contributed by atoms with Gasteiger partial charge in [-0.05, 0) is 37.1 Å². The number of halogens is 2. The van der Waals surface area contributed by atoms with Gasteiger partial charge < -0.3 is 24.7 Å². The molecule has 1 atom stereocenters. The van der Waals surface area contributed by atoms with E-state index in [1.165, 1.54) is 19.2 Å². The van der Waals surface area contributed by atoms with Crippen molar-refractivity contribution in [3.63, 3.8) is 0 Å². The average molecular weight is 458 g/mol. The van der Waals surface area contributed by atoms with Gasteiger partial charge in [-0.25, -0.2) is 18.6 Å². The maximum absolute atomic E-state index is 13.5. The second-order valence-electron chi connectivity index (χ2n) is 7.74. The first kappa shape index (κ1) is 22.7. The number of fused-ring (bicyclic) bond motifs is 1. The topological polar surface area (TPSA) is 94.5 Å². The molecule has 4 rings (SSSR count). The molecule has 1 aromatic carbocycles. The first-order valence-electron chi connectivity index (χ1n) is 10.6. The molecule has 174 valence electrons. The molecule has 3 aromatic rings. The molecule has 0 spiro atoms. The molecule has 0 bridgehead atoms. The smallest absolute Gasteiger partial charge is 0.356 e. The summed E-state index contributed by atoms with van der Waals surface area (Å²) < 4.78 is 38.9. The Labute approximate surface area is 188 Å². The number of nitrogens with one attached hydrogen (secondary N) is 2. The van der Waals surface area contributed by atoms with Crippen LogP contribution >= 0.6 is 0 Å². The molecule has 2 N–H and O–H groups in total. The van der Waals surface area contributed by atoms with Gasteiger partial charge in [0.1, 0.15) is 17.3 Å². The van der Waals surface area contributed by atoms with E-state index >= 15 is 0 Å². The number of benzene rings is 1. The van der Waals surface area contributed by atoms with E-state index < -0.39 is 17.6 Å². The fourth-order valence-electron chi connectivity index (χ4n) is 3.95. The van der Waals surface area contributed by atoms with Crippen molar-refractivity contribution in [2.75, 3.05) is 31.0 Å². The van der Waals surface area contributed by atoms with Gasteiger partial charge in [0.25, 0.3) is 0 Å². The lowest BCUT2D eigenvalue weighted by Crippen LogP contribution is -2.24. The predicted molar refractivity (Wildman–Crippen MR) is 118 cm³/mol. The first-order valence-corrected chi connectivity index (χ1v) is 10.6. The Balaban J connectivity index is 1.71. The number of carbonyl (C=O) groups is 2. The zero-order valence-electron chi connectivity index (χ0n) is 18.3. The minimum absolute atomic E-state index is 0.154. The molecule has 1 aliphatic heterocycles. The Kier molecular flexibility index (Phi) is 6.55. The summed E-state index contributed by atoms with van der Waals surface area (Å²) in [6.07, 6.45) is 2.16. The number of amides is 1.